The summed E-state index contributed by atoms with van der Waals surface area (Å²) in [5.41, 5.74) is -0.0778. The molecule has 1 aromatic rings. The van der Waals surface area contributed by atoms with Gasteiger partial charge < -0.3 is 4.74 Å². The van der Waals surface area contributed by atoms with Crippen molar-refractivity contribution >= 4 is 0 Å². The van der Waals surface area contributed by atoms with E-state index in [0.717, 1.165) is 12.8 Å². The largest absolute Gasteiger partial charge is 0.464 e. The lowest BCUT2D eigenvalue weighted by Gasteiger charge is -2.02. The van der Waals surface area contributed by atoms with Crippen LogP contribution in [0.4, 0.5) is 0 Å². The van der Waals surface area contributed by atoms with Crippen molar-refractivity contribution in [3.05, 3.63) is 10.5 Å². The Hall–Kier alpha value is -1.26. The van der Waals surface area contributed by atoms with Gasteiger partial charge in [-0.15, -0.1) is 5.10 Å². The summed E-state index contributed by atoms with van der Waals surface area (Å²) in [7, 11) is 1.64. The van der Waals surface area contributed by atoms with Crippen molar-refractivity contribution in [2.45, 2.75) is 25.8 Å². The second kappa shape index (κ2) is 2.90. The molecule has 1 aliphatic carbocycles. The van der Waals surface area contributed by atoms with E-state index in [-0.39, 0.29) is 5.69 Å². The highest BCUT2D eigenvalue weighted by Gasteiger charge is 2.29. The molecule has 5 heteroatoms. The van der Waals surface area contributed by atoms with Crippen LogP contribution < -0.4 is 10.4 Å². The van der Waals surface area contributed by atoms with Gasteiger partial charge in [0.05, 0.1) is 6.61 Å². The average Bonchev–Trinajstić information content (AvgIpc) is 2.85. The number of aromatic nitrogens is 3. The van der Waals surface area contributed by atoms with Gasteiger partial charge in [-0.05, 0) is 19.8 Å². The molecule has 0 atom stereocenters. The third kappa shape index (κ3) is 1.34. The van der Waals surface area contributed by atoms with Gasteiger partial charge in [0.15, 0.2) is 0 Å². The molecule has 5 nitrogen and oxygen atoms in total. The van der Waals surface area contributed by atoms with Crippen LogP contribution in [0.3, 0.4) is 0 Å². The lowest BCUT2D eigenvalue weighted by Crippen LogP contribution is -2.22. The molecule has 0 aromatic carbocycles. The number of hydrogen-bond donors (Lipinski definition) is 0. The molecular formula is C8H13N3O2. The molecule has 13 heavy (non-hydrogen) atoms. The van der Waals surface area contributed by atoms with Gasteiger partial charge in [-0.2, -0.15) is 0 Å². The third-order valence-corrected chi connectivity index (χ3v) is 2.11. The number of ether oxygens (including phenoxy) is 1. The lowest BCUT2D eigenvalue weighted by molar-refractivity contribution is 0.293. The van der Waals surface area contributed by atoms with E-state index in [4.69, 9.17) is 4.74 Å². The predicted molar refractivity (Wildman–Crippen MR) is 46.9 cm³/mol. The van der Waals surface area contributed by atoms with Crippen molar-refractivity contribution in [1.82, 2.24) is 14.3 Å². The molecular weight excluding hydrogens is 170 g/mol. The smallest absolute Gasteiger partial charge is 0.348 e. The lowest BCUT2D eigenvalue weighted by atomic mass is 10.7. The van der Waals surface area contributed by atoms with Gasteiger partial charge >= 0.3 is 11.7 Å². The van der Waals surface area contributed by atoms with Crippen LogP contribution in [-0.2, 0) is 7.05 Å². The zero-order valence-corrected chi connectivity index (χ0v) is 7.86. The molecule has 0 unspecified atom stereocenters. The summed E-state index contributed by atoms with van der Waals surface area (Å²) in [6.07, 6.45) is 2.12. The van der Waals surface area contributed by atoms with Gasteiger partial charge in [-0.25, -0.2) is 14.0 Å². The highest BCUT2D eigenvalue weighted by molar-refractivity contribution is 5.00. The van der Waals surface area contributed by atoms with Gasteiger partial charge in [-0.1, -0.05) is 0 Å². The van der Waals surface area contributed by atoms with Gasteiger partial charge in [0.2, 0.25) is 0 Å². The fraction of sp³-hybridized carbons (Fsp3) is 0.750. The minimum atomic E-state index is -0.0778. The number of hydrogen-bond acceptors (Lipinski definition) is 3. The molecule has 0 N–H and O–H groups in total. The molecule has 1 aliphatic rings. The summed E-state index contributed by atoms with van der Waals surface area (Å²) in [5, 5.41) is 4.01. The molecule has 0 amide bonds. The Labute approximate surface area is 75.9 Å². The van der Waals surface area contributed by atoms with E-state index in [1.807, 2.05) is 6.92 Å². The molecule has 0 saturated heterocycles. The normalized spacial score (nSPS) is 16.2. The van der Waals surface area contributed by atoms with Gasteiger partial charge in [-0.3, -0.25) is 0 Å². The standard InChI is InChI=1S/C8H13N3O2/c1-3-13-7-9-10(2)8(12)11(7)6-4-5-6/h6H,3-5H2,1-2H3. The molecule has 0 aliphatic heterocycles. The van der Waals surface area contributed by atoms with E-state index >= 15 is 0 Å². The monoisotopic (exact) mass is 183 g/mol. The zero-order chi connectivity index (χ0) is 9.42. The van der Waals surface area contributed by atoms with Crippen LogP contribution in [0.1, 0.15) is 25.8 Å². The summed E-state index contributed by atoms with van der Waals surface area (Å²) in [5.74, 6) is 0. The summed E-state index contributed by atoms with van der Waals surface area (Å²) in [4.78, 5) is 11.5. The number of nitrogens with zero attached hydrogens (tertiary/aromatic N) is 3. The second-order valence-electron chi connectivity index (χ2n) is 3.22. The topological polar surface area (TPSA) is 49.1 Å². The second-order valence-corrected chi connectivity index (χ2v) is 3.22. The molecule has 1 heterocycles. The van der Waals surface area contributed by atoms with E-state index in [9.17, 15) is 4.79 Å². The van der Waals surface area contributed by atoms with Crippen LogP contribution in [0.15, 0.2) is 4.79 Å². The first-order valence-electron chi connectivity index (χ1n) is 4.52. The molecule has 2 rings (SSSR count). The van der Waals surface area contributed by atoms with Crippen molar-refractivity contribution < 1.29 is 4.74 Å². The van der Waals surface area contributed by atoms with Crippen LogP contribution in [0.5, 0.6) is 6.01 Å². The Morgan fingerprint density at radius 1 is 1.62 bits per heavy atom. The fourth-order valence-corrected chi connectivity index (χ4v) is 1.33. The highest BCUT2D eigenvalue weighted by Crippen LogP contribution is 2.35. The summed E-state index contributed by atoms with van der Waals surface area (Å²) in [6.45, 7) is 2.43. The number of rotatable bonds is 3. The van der Waals surface area contributed by atoms with Crippen LogP contribution in [-0.4, -0.2) is 21.0 Å². The minimum absolute atomic E-state index is 0.0778. The van der Waals surface area contributed by atoms with Crippen molar-refractivity contribution in [3.8, 4) is 6.01 Å². The molecule has 1 fully saturated rings. The first-order chi connectivity index (χ1) is 6.24. The third-order valence-electron chi connectivity index (χ3n) is 2.11. The Kier molecular flexibility index (Phi) is 1.86. The molecule has 72 valence electrons. The molecule has 1 saturated carbocycles. The number of aryl methyl sites for hydroxylation is 1. The van der Waals surface area contributed by atoms with E-state index < -0.39 is 0 Å². The Bertz CT molecular complexity index is 362. The van der Waals surface area contributed by atoms with E-state index in [1.165, 1.54) is 4.68 Å². The maximum absolute atomic E-state index is 11.5. The first kappa shape index (κ1) is 8.34. The highest BCUT2D eigenvalue weighted by atomic mass is 16.5. The van der Waals surface area contributed by atoms with Crippen LogP contribution in [0, 0.1) is 0 Å². The van der Waals surface area contributed by atoms with E-state index in [1.54, 1.807) is 11.6 Å². The Morgan fingerprint density at radius 3 is 2.85 bits per heavy atom. The summed E-state index contributed by atoms with van der Waals surface area (Å²) in [6, 6.07) is 0.778. The summed E-state index contributed by atoms with van der Waals surface area (Å²) >= 11 is 0. The molecule has 1 aromatic heterocycles. The molecule has 0 spiro atoms. The maximum Gasteiger partial charge on any atom is 0.348 e. The minimum Gasteiger partial charge on any atom is -0.464 e. The van der Waals surface area contributed by atoms with Crippen molar-refractivity contribution in [3.63, 3.8) is 0 Å². The van der Waals surface area contributed by atoms with Gasteiger partial charge in [0.25, 0.3) is 0 Å². The fourth-order valence-electron chi connectivity index (χ4n) is 1.33. The van der Waals surface area contributed by atoms with Crippen molar-refractivity contribution in [1.29, 1.82) is 0 Å². The first-order valence-corrected chi connectivity index (χ1v) is 4.52. The predicted octanol–water partition coefficient (Wildman–Crippen LogP) is 0.315. The maximum atomic E-state index is 11.5. The van der Waals surface area contributed by atoms with E-state index in [0.29, 0.717) is 18.7 Å². The molecule has 0 bridgehead atoms. The quantitative estimate of drug-likeness (QED) is 0.677. The Balaban J connectivity index is 2.42. The Morgan fingerprint density at radius 2 is 2.31 bits per heavy atom. The van der Waals surface area contributed by atoms with E-state index in [2.05, 4.69) is 5.10 Å². The molecule has 0 radical (unpaired) electrons. The van der Waals surface area contributed by atoms with Crippen LogP contribution in [0.25, 0.3) is 0 Å². The van der Waals surface area contributed by atoms with Gasteiger partial charge in [0, 0.05) is 13.1 Å². The van der Waals surface area contributed by atoms with Crippen molar-refractivity contribution in [2.24, 2.45) is 7.05 Å². The van der Waals surface area contributed by atoms with Crippen LogP contribution in [0.2, 0.25) is 0 Å². The summed E-state index contributed by atoms with van der Waals surface area (Å²) < 4.78 is 8.24. The zero-order valence-electron chi connectivity index (χ0n) is 7.86. The van der Waals surface area contributed by atoms with Gasteiger partial charge in [0.1, 0.15) is 0 Å². The SMILES string of the molecule is CCOc1nn(C)c(=O)n1C1CC1. The van der Waals surface area contributed by atoms with Crippen LogP contribution >= 0.6 is 0 Å². The average molecular weight is 183 g/mol. The van der Waals surface area contributed by atoms with Crippen molar-refractivity contribution in [2.75, 3.05) is 6.61 Å².